The summed E-state index contributed by atoms with van der Waals surface area (Å²) in [6, 6.07) is 4.50. The van der Waals surface area contributed by atoms with Gasteiger partial charge in [0.25, 0.3) is 5.91 Å². The van der Waals surface area contributed by atoms with Crippen LogP contribution in [0.4, 0.5) is 10.1 Å². The Morgan fingerprint density at radius 2 is 2.12 bits per heavy atom. The first-order valence-corrected chi connectivity index (χ1v) is 5.50. The Hall–Kier alpha value is -1.62. The van der Waals surface area contributed by atoms with E-state index < -0.39 is 5.82 Å². The van der Waals surface area contributed by atoms with E-state index in [1.165, 1.54) is 18.2 Å². The normalized spacial score (nSPS) is 16.1. The molecule has 2 N–H and O–H groups in total. The summed E-state index contributed by atoms with van der Waals surface area (Å²) in [6.07, 6.45) is 0. The maximum Gasteiger partial charge on any atom is 0.254 e. The molecule has 0 atom stereocenters. The summed E-state index contributed by atoms with van der Waals surface area (Å²) < 4.78 is 13.0. The van der Waals surface area contributed by atoms with Gasteiger partial charge in [0.05, 0.1) is 5.69 Å². The molecule has 1 aromatic carbocycles. The highest BCUT2D eigenvalue weighted by Gasteiger charge is 2.32. The molecule has 1 amide bonds. The second-order valence-corrected chi connectivity index (χ2v) is 4.56. The monoisotopic (exact) mass is 237 g/mol. The van der Waals surface area contributed by atoms with Gasteiger partial charge in [-0.3, -0.25) is 4.79 Å². The molecular weight excluding hydrogens is 221 g/mol. The molecule has 17 heavy (non-hydrogen) atoms. The van der Waals surface area contributed by atoms with E-state index in [4.69, 9.17) is 5.73 Å². The summed E-state index contributed by atoms with van der Waals surface area (Å²) in [6.45, 7) is 1.42. The molecule has 0 bridgehead atoms. The number of carbonyl (C=O) groups excluding carboxylic acids is 1. The molecule has 0 radical (unpaired) electrons. The third-order valence-electron chi connectivity index (χ3n) is 3.12. The van der Waals surface area contributed by atoms with Crippen molar-refractivity contribution < 1.29 is 9.18 Å². The predicted octanol–water partition coefficient (Wildman–Crippen LogP) is 0.794. The highest BCUT2D eigenvalue weighted by Crippen LogP contribution is 2.19. The summed E-state index contributed by atoms with van der Waals surface area (Å²) in [5, 5.41) is 0. The summed E-state index contributed by atoms with van der Waals surface area (Å²) in [4.78, 5) is 15.8. The number of amides is 1. The molecule has 1 saturated heterocycles. The first-order chi connectivity index (χ1) is 7.99. The number of likely N-dealkylation sites (N-methyl/N-ethyl adjacent to an activating group) is 1. The number of likely N-dealkylation sites (tertiary alicyclic amines) is 1. The molecule has 1 aliphatic rings. The molecule has 0 aliphatic carbocycles. The van der Waals surface area contributed by atoms with Crippen molar-refractivity contribution in [3.05, 3.63) is 29.6 Å². The van der Waals surface area contributed by atoms with Gasteiger partial charge in [-0.15, -0.1) is 0 Å². The Morgan fingerprint density at radius 3 is 2.65 bits per heavy atom. The molecule has 5 heteroatoms. The largest absolute Gasteiger partial charge is 0.396 e. The lowest BCUT2D eigenvalue weighted by atomic mass is 10.1. The van der Waals surface area contributed by atoms with Crippen LogP contribution in [0.25, 0.3) is 0 Å². The molecule has 0 spiro atoms. The smallest absolute Gasteiger partial charge is 0.254 e. The van der Waals surface area contributed by atoms with Crippen LogP contribution in [0.1, 0.15) is 10.4 Å². The van der Waals surface area contributed by atoms with Crippen LogP contribution < -0.4 is 5.73 Å². The number of nitrogens with zero attached hydrogens (tertiary/aromatic N) is 2. The van der Waals surface area contributed by atoms with Crippen LogP contribution in [0, 0.1) is 5.82 Å². The zero-order valence-electron chi connectivity index (χ0n) is 9.98. The highest BCUT2D eigenvalue weighted by molar-refractivity contribution is 5.95. The second-order valence-electron chi connectivity index (χ2n) is 4.56. The SMILES string of the molecule is CN(C)C1CN(C(=O)c2ccc(F)c(N)c2)C1. The quantitative estimate of drug-likeness (QED) is 0.774. The van der Waals surface area contributed by atoms with Crippen molar-refractivity contribution in [3.8, 4) is 0 Å². The van der Waals surface area contributed by atoms with Gasteiger partial charge >= 0.3 is 0 Å². The Labute approximate surface area is 99.8 Å². The minimum atomic E-state index is -0.490. The van der Waals surface area contributed by atoms with Crippen molar-refractivity contribution in [2.75, 3.05) is 32.9 Å². The van der Waals surface area contributed by atoms with Crippen LogP contribution in [-0.4, -0.2) is 48.9 Å². The van der Waals surface area contributed by atoms with E-state index in [0.717, 1.165) is 0 Å². The Morgan fingerprint density at radius 1 is 1.47 bits per heavy atom. The number of benzene rings is 1. The second kappa shape index (κ2) is 4.33. The Bertz CT molecular complexity index is 441. The summed E-state index contributed by atoms with van der Waals surface area (Å²) in [5.74, 6) is -0.578. The van der Waals surface area contributed by atoms with E-state index >= 15 is 0 Å². The lowest BCUT2D eigenvalue weighted by Gasteiger charge is -2.42. The van der Waals surface area contributed by atoms with Gasteiger partial charge in [-0.25, -0.2) is 4.39 Å². The molecule has 92 valence electrons. The molecule has 2 rings (SSSR count). The molecule has 4 nitrogen and oxygen atoms in total. The van der Waals surface area contributed by atoms with E-state index in [1.807, 2.05) is 14.1 Å². The number of nitrogen functional groups attached to an aromatic ring is 1. The molecule has 1 heterocycles. The average Bonchev–Trinajstić information content (AvgIpc) is 2.19. The fourth-order valence-electron chi connectivity index (χ4n) is 1.81. The fraction of sp³-hybridized carbons (Fsp3) is 0.417. The molecule has 1 aliphatic heterocycles. The van der Waals surface area contributed by atoms with Crippen molar-refractivity contribution in [3.63, 3.8) is 0 Å². The van der Waals surface area contributed by atoms with Gasteiger partial charge in [0.2, 0.25) is 0 Å². The number of hydrogen-bond donors (Lipinski definition) is 1. The van der Waals surface area contributed by atoms with Crippen molar-refractivity contribution in [1.82, 2.24) is 9.80 Å². The zero-order valence-corrected chi connectivity index (χ0v) is 9.98. The lowest BCUT2D eigenvalue weighted by Crippen LogP contribution is -2.59. The number of halogens is 1. The van der Waals surface area contributed by atoms with Gasteiger partial charge in [0, 0.05) is 24.7 Å². The maximum atomic E-state index is 13.0. The number of hydrogen-bond acceptors (Lipinski definition) is 3. The van der Waals surface area contributed by atoms with Gasteiger partial charge < -0.3 is 15.5 Å². The van der Waals surface area contributed by atoms with E-state index in [-0.39, 0.29) is 11.6 Å². The van der Waals surface area contributed by atoms with Crippen LogP contribution in [0.15, 0.2) is 18.2 Å². The van der Waals surface area contributed by atoms with E-state index in [9.17, 15) is 9.18 Å². The Kier molecular flexibility index (Phi) is 3.02. The summed E-state index contributed by atoms with van der Waals surface area (Å²) in [5.41, 5.74) is 5.90. The van der Waals surface area contributed by atoms with Gasteiger partial charge in [0.15, 0.2) is 0 Å². The lowest BCUT2D eigenvalue weighted by molar-refractivity contribution is 0.0399. The molecule has 1 aromatic rings. The number of nitrogens with two attached hydrogens (primary N) is 1. The zero-order chi connectivity index (χ0) is 12.6. The topological polar surface area (TPSA) is 49.6 Å². The van der Waals surface area contributed by atoms with Crippen LogP contribution in [0.5, 0.6) is 0 Å². The number of carbonyl (C=O) groups is 1. The minimum Gasteiger partial charge on any atom is -0.396 e. The van der Waals surface area contributed by atoms with E-state index in [2.05, 4.69) is 4.90 Å². The summed E-state index contributed by atoms with van der Waals surface area (Å²) in [7, 11) is 3.98. The van der Waals surface area contributed by atoms with Crippen molar-refractivity contribution in [2.45, 2.75) is 6.04 Å². The highest BCUT2D eigenvalue weighted by atomic mass is 19.1. The first kappa shape index (κ1) is 11.9. The van der Waals surface area contributed by atoms with Crippen LogP contribution in [0.2, 0.25) is 0 Å². The predicted molar refractivity (Wildman–Crippen MR) is 64.2 cm³/mol. The number of anilines is 1. The molecule has 1 fully saturated rings. The van der Waals surface area contributed by atoms with Gasteiger partial charge in [0.1, 0.15) is 5.82 Å². The van der Waals surface area contributed by atoms with Gasteiger partial charge in [-0.1, -0.05) is 0 Å². The van der Waals surface area contributed by atoms with E-state index in [1.54, 1.807) is 4.90 Å². The first-order valence-electron chi connectivity index (χ1n) is 5.50. The third-order valence-corrected chi connectivity index (χ3v) is 3.12. The molecule has 0 saturated carbocycles. The van der Waals surface area contributed by atoms with Crippen LogP contribution in [0.3, 0.4) is 0 Å². The van der Waals surface area contributed by atoms with Gasteiger partial charge in [-0.2, -0.15) is 0 Å². The minimum absolute atomic E-state index is 0.0144. The van der Waals surface area contributed by atoms with Gasteiger partial charge in [-0.05, 0) is 32.3 Å². The average molecular weight is 237 g/mol. The molecule has 0 unspecified atom stereocenters. The van der Waals surface area contributed by atoms with Crippen LogP contribution in [-0.2, 0) is 0 Å². The fourth-order valence-corrected chi connectivity index (χ4v) is 1.81. The molecule has 0 aromatic heterocycles. The number of rotatable bonds is 2. The maximum absolute atomic E-state index is 13.0. The molecular formula is C12H16FN3O. The van der Waals surface area contributed by atoms with E-state index in [0.29, 0.717) is 24.7 Å². The standard InChI is InChI=1S/C12H16FN3O/c1-15(2)9-6-16(7-9)12(17)8-3-4-10(13)11(14)5-8/h3-5,9H,6-7,14H2,1-2H3. The van der Waals surface area contributed by atoms with Crippen molar-refractivity contribution >= 4 is 11.6 Å². The van der Waals surface area contributed by atoms with Crippen molar-refractivity contribution in [1.29, 1.82) is 0 Å². The van der Waals surface area contributed by atoms with Crippen LogP contribution >= 0.6 is 0 Å². The Balaban J connectivity index is 2.04. The third kappa shape index (κ3) is 2.24. The van der Waals surface area contributed by atoms with Crippen molar-refractivity contribution in [2.24, 2.45) is 0 Å². The summed E-state index contributed by atoms with van der Waals surface area (Å²) >= 11 is 0.